The van der Waals surface area contributed by atoms with Gasteiger partial charge >= 0.3 is 0 Å². The van der Waals surface area contributed by atoms with E-state index in [1.54, 1.807) is 0 Å². The van der Waals surface area contributed by atoms with Gasteiger partial charge in [0, 0.05) is 5.54 Å². The van der Waals surface area contributed by atoms with Crippen molar-refractivity contribution in [3.8, 4) is 11.1 Å². The second kappa shape index (κ2) is 4.01. The molecule has 0 spiro atoms. The highest BCUT2D eigenvalue weighted by Crippen LogP contribution is 2.39. The highest BCUT2D eigenvalue weighted by atomic mass is 14.8. The van der Waals surface area contributed by atoms with Crippen molar-refractivity contribution in [2.24, 2.45) is 5.73 Å². The van der Waals surface area contributed by atoms with Gasteiger partial charge in [-0.1, -0.05) is 54.6 Å². The molecule has 0 atom stereocenters. The van der Waals surface area contributed by atoms with Gasteiger partial charge in [0.1, 0.15) is 0 Å². The molecule has 1 nitrogen and oxygen atoms in total. The first-order valence-electron chi connectivity index (χ1n) is 6.23. The number of benzene rings is 2. The van der Waals surface area contributed by atoms with Crippen LogP contribution in [-0.4, -0.2) is 0 Å². The predicted octanol–water partition coefficient (Wildman–Crippen LogP) is 3.69. The minimum absolute atomic E-state index is 0.0464. The topological polar surface area (TPSA) is 26.0 Å². The van der Waals surface area contributed by atoms with Crippen molar-refractivity contribution >= 4 is 0 Å². The molecule has 0 unspecified atom stereocenters. The van der Waals surface area contributed by atoms with Crippen molar-refractivity contribution in [1.29, 1.82) is 0 Å². The van der Waals surface area contributed by atoms with Crippen LogP contribution in [0, 0.1) is 0 Å². The van der Waals surface area contributed by atoms with Gasteiger partial charge in [-0.15, -0.1) is 0 Å². The van der Waals surface area contributed by atoms with Crippen molar-refractivity contribution < 1.29 is 0 Å². The summed E-state index contributed by atoms with van der Waals surface area (Å²) in [6, 6.07) is 19.2. The van der Waals surface area contributed by atoms with Gasteiger partial charge in [0.2, 0.25) is 0 Å². The Balaban J connectivity index is 1.90. The molecule has 0 radical (unpaired) electrons. The lowest BCUT2D eigenvalue weighted by Crippen LogP contribution is -2.43. The molecule has 0 heterocycles. The van der Waals surface area contributed by atoms with Crippen LogP contribution in [0.3, 0.4) is 0 Å². The normalized spacial score (nSPS) is 17.5. The molecule has 0 aliphatic heterocycles. The van der Waals surface area contributed by atoms with Gasteiger partial charge in [-0.2, -0.15) is 0 Å². The fourth-order valence-corrected chi connectivity index (χ4v) is 2.47. The lowest BCUT2D eigenvalue weighted by atomic mass is 9.72. The lowest BCUT2D eigenvalue weighted by molar-refractivity contribution is 0.253. The summed E-state index contributed by atoms with van der Waals surface area (Å²) in [7, 11) is 0. The van der Waals surface area contributed by atoms with Gasteiger partial charge in [-0.05, 0) is 36.0 Å². The van der Waals surface area contributed by atoms with Crippen LogP contribution >= 0.6 is 0 Å². The standard InChI is InChI=1S/C16H17N/c17-16(11-4-12-16)15-9-7-14(8-10-15)13-5-2-1-3-6-13/h1-3,5-10H,4,11-12,17H2. The third kappa shape index (κ3) is 1.87. The van der Waals surface area contributed by atoms with E-state index in [0.29, 0.717) is 0 Å². The fourth-order valence-electron chi connectivity index (χ4n) is 2.47. The summed E-state index contributed by atoms with van der Waals surface area (Å²) < 4.78 is 0. The molecule has 0 amide bonds. The molecule has 1 aliphatic carbocycles. The van der Waals surface area contributed by atoms with E-state index in [0.717, 1.165) is 12.8 Å². The maximum absolute atomic E-state index is 6.31. The van der Waals surface area contributed by atoms with E-state index in [2.05, 4.69) is 48.5 Å². The van der Waals surface area contributed by atoms with Gasteiger partial charge in [0.15, 0.2) is 0 Å². The smallest absolute Gasteiger partial charge is 0.0409 e. The largest absolute Gasteiger partial charge is 0.321 e. The van der Waals surface area contributed by atoms with E-state index >= 15 is 0 Å². The Kier molecular flexibility index (Phi) is 2.49. The third-order valence-corrected chi connectivity index (χ3v) is 3.81. The number of hydrogen-bond donors (Lipinski definition) is 1. The zero-order valence-corrected chi connectivity index (χ0v) is 9.89. The molecule has 3 rings (SSSR count). The monoisotopic (exact) mass is 223 g/mol. The maximum atomic E-state index is 6.31. The molecule has 86 valence electrons. The van der Waals surface area contributed by atoms with E-state index in [9.17, 15) is 0 Å². The van der Waals surface area contributed by atoms with Crippen LogP contribution in [0.1, 0.15) is 24.8 Å². The number of hydrogen-bond acceptors (Lipinski definition) is 1. The third-order valence-electron chi connectivity index (χ3n) is 3.81. The second-order valence-electron chi connectivity index (χ2n) is 4.95. The average molecular weight is 223 g/mol. The molecule has 1 saturated carbocycles. The molecule has 2 aromatic carbocycles. The molecule has 2 N–H and O–H groups in total. The van der Waals surface area contributed by atoms with E-state index in [4.69, 9.17) is 5.73 Å². The maximum Gasteiger partial charge on any atom is 0.0409 e. The summed E-state index contributed by atoms with van der Waals surface area (Å²) in [6.45, 7) is 0. The predicted molar refractivity (Wildman–Crippen MR) is 71.6 cm³/mol. The van der Waals surface area contributed by atoms with Crippen molar-refractivity contribution in [1.82, 2.24) is 0 Å². The minimum Gasteiger partial charge on any atom is -0.321 e. The SMILES string of the molecule is NC1(c2ccc(-c3ccccc3)cc2)CCC1. The average Bonchev–Trinajstić information content (AvgIpc) is 2.37. The van der Waals surface area contributed by atoms with Gasteiger partial charge < -0.3 is 5.73 Å². The fraction of sp³-hybridized carbons (Fsp3) is 0.250. The van der Waals surface area contributed by atoms with Crippen molar-refractivity contribution in [2.45, 2.75) is 24.8 Å². The van der Waals surface area contributed by atoms with Gasteiger partial charge in [0.25, 0.3) is 0 Å². The Morgan fingerprint density at radius 3 is 1.88 bits per heavy atom. The molecule has 17 heavy (non-hydrogen) atoms. The Labute approximate surface area is 102 Å². The van der Waals surface area contributed by atoms with Crippen molar-refractivity contribution in [3.63, 3.8) is 0 Å². The van der Waals surface area contributed by atoms with Crippen LogP contribution in [0.4, 0.5) is 0 Å². The molecule has 0 bridgehead atoms. The van der Waals surface area contributed by atoms with Gasteiger partial charge in [-0.3, -0.25) is 0 Å². The summed E-state index contributed by atoms with van der Waals surface area (Å²) in [4.78, 5) is 0. The zero-order valence-electron chi connectivity index (χ0n) is 9.89. The van der Waals surface area contributed by atoms with Crippen molar-refractivity contribution in [2.75, 3.05) is 0 Å². The van der Waals surface area contributed by atoms with Gasteiger partial charge in [-0.25, -0.2) is 0 Å². The first-order chi connectivity index (χ1) is 8.28. The van der Waals surface area contributed by atoms with Crippen LogP contribution in [-0.2, 0) is 5.54 Å². The number of rotatable bonds is 2. The zero-order chi connectivity index (χ0) is 11.7. The van der Waals surface area contributed by atoms with E-state index in [-0.39, 0.29) is 5.54 Å². The van der Waals surface area contributed by atoms with Crippen LogP contribution in [0.2, 0.25) is 0 Å². The Morgan fingerprint density at radius 2 is 1.35 bits per heavy atom. The summed E-state index contributed by atoms with van der Waals surface area (Å²) in [6.07, 6.45) is 3.51. The summed E-state index contributed by atoms with van der Waals surface area (Å²) >= 11 is 0. The molecular formula is C16H17N. The first kappa shape index (κ1) is 10.5. The van der Waals surface area contributed by atoms with E-state index in [1.807, 2.05) is 6.07 Å². The van der Waals surface area contributed by atoms with Crippen LogP contribution in [0.25, 0.3) is 11.1 Å². The molecular weight excluding hydrogens is 206 g/mol. The minimum atomic E-state index is -0.0464. The van der Waals surface area contributed by atoms with E-state index in [1.165, 1.54) is 23.1 Å². The molecule has 0 aromatic heterocycles. The van der Waals surface area contributed by atoms with Gasteiger partial charge in [0.05, 0.1) is 0 Å². The molecule has 0 saturated heterocycles. The van der Waals surface area contributed by atoms with Crippen LogP contribution in [0.15, 0.2) is 54.6 Å². The lowest BCUT2D eigenvalue weighted by Gasteiger charge is -2.38. The quantitative estimate of drug-likeness (QED) is 0.825. The second-order valence-corrected chi connectivity index (χ2v) is 4.95. The summed E-state index contributed by atoms with van der Waals surface area (Å²) in [5.41, 5.74) is 10.1. The van der Waals surface area contributed by atoms with E-state index < -0.39 is 0 Å². The van der Waals surface area contributed by atoms with Crippen molar-refractivity contribution in [3.05, 3.63) is 60.2 Å². The van der Waals surface area contributed by atoms with Crippen LogP contribution < -0.4 is 5.73 Å². The Hall–Kier alpha value is -1.60. The summed E-state index contributed by atoms with van der Waals surface area (Å²) in [5, 5.41) is 0. The highest BCUT2D eigenvalue weighted by molar-refractivity contribution is 5.63. The Bertz CT molecular complexity index is 495. The molecule has 1 fully saturated rings. The number of nitrogens with two attached hydrogens (primary N) is 1. The molecule has 1 heteroatoms. The Morgan fingerprint density at radius 1 is 0.765 bits per heavy atom. The first-order valence-corrected chi connectivity index (χ1v) is 6.23. The molecule has 2 aromatic rings. The van der Waals surface area contributed by atoms with Crippen LogP contribution in [0.5, 0.6) is 0 Å². The summed E-state index contributed by atoms with van der Waals surface area (Å²) in [5.74, 6) is 0. The molecule has 1 aliphatic rings. The highest BCUT2D eigenvalue weighted by Gasteiger charge is 2.33.